The van der Waals surface area contributed by atoms with Crippen LogP contribution in [0.15, 0.2) is 65.7 Å². The van der Waals surface area contributed by atoms with Crippen molar-refractivity contribution in [2.45, 2.75) is 4.90 Å². The number of nitrogens with zero attached hydrogens (tertiary/aromatic N) is 1. The van der Waals surface area contributed by atoms with Crippen LogP contribution >= 0.6 is 11.8 Å². The van der Waals surface area contributed by atoms with Gasteiger partial charge in [-0.05, 0) is 30.0 Å². The maximum atomic E-state index is 12.4. The predicted molar refractivity (Wildman–Crippen MR) is 79.5 cm³/mol. The van der Waals surface area contributed by atoms with Gasteiger partial charge in [-0.2, -0.15) is 0 Å². The topological polar surface area (TPSA) is 22.0 Å². The van der Waals surface area contributed by atoms with Gasteiger partial charge in [0, 0.05) is 29.0 Å². The van der Waals surface area contributed by atoms with Gasteiger partial charge in [0.1, 0.15) is 0 Å². The lowest BCUT2D eigenvalue weighted by atomic mass is 10.2. The van der Waals surface area contributed by atoms with Crippen molar-refractivity contribution in [3.8, 4) is 0 Å². The molecule has 2 nitrogen and oxygen atoms in total. The van der Waals surface area contributed by atoms with Crippen molar-refractivity contribution in [3.63, 3.8) is 0 Å². The number of benzene rings is 2. The SMILES string of the molecule is Cn1cc(C(=O)Sc2ccccc2)c2ccccc21. The third-order valence-corrected chi connectivity index (χ3v) is 3.98. The summed E-state index contributed by atoms with van der Waals surface area (Å²) in [7, 11) is 1.96. The molecule has 0 spiro atoms. The highest BCUT2D eigenvalue weighted by Crippen LogP contribution is 2.28. The molecule has 0 aliphatic carbocycles. The minimum absolute atomic E-state index is 0.0861. The van der Waals surface area contributed by atoms with Gasteiger partial charge in [0.05, 0.1) is 5.56 Å². The zero-order chi connectivity index (χ0) is 13.2. The van der Waals surface area contributed by atoms with E-state index in [2.05, 4.69) is 0 Å². The number of rotatable bonds is 2. The van der Waals surface area contributed by atoms with Crippen LogP contribution in [0.5, 0.6) is 0 Å². The molecule has 19 heavy (non-hydrogen) atoms. The Morgan fingerprint density at radius 2 is 1.68 bits per heavy atom. The Hall–Kier alpha value is -2.00. The van der Waals surface area contributed by atoms with Crippen LogP contribution in [0, 0.1) is 0 Å². The molecule has 0 bridgehead atoms. The minimum Gasteiger partial charge on any atom is -0.350 e. The van der Waals surface area contributed by atoms with Crippen molar-refractivity contribution in [1.29, 1.82) is 0 Å². The number of thioether (sulfide) groups is 1. The number of carbonyl (C=O) groups excluding carboxylic acids is 1. The van der Waals surface area contributed by atoms with Gasteiger partial charge in [0.15, 0.2) is 0 Å². The lowest BCUT2D eigenvalue weighted by Gasteiger charge is -1.99. The molecule has 0 saturated carbocycles. The van der Waals surface area contributed by atoms with Gasteiger partial charge < -0.3 is 4.57 Å². The zero-order valence-electron chi connectivity index (χ0n) is 10.5. The monoisotopic (exact) mass is 267 g/mol. The smallest absolute Gasteiger partial charge is 0.226 e. The molecule has 0 unspecified atom stereocenters. The van der Waals surface area contributed by atoms with Crippen LogP contribution in [0.3, 0.4) is 0 Å². The average Bonchev–Trinajstić information content (AvgIpc) is 2.78. The largest absolute Gasteiger partial charge is 0.350 e. The summed E-state index contributed by atoms with van der Waals surface area (Å²) in [4.78, 5) is 13.4. The maximum absolute atomic E-state index is 12.4. The Morgan fingerprint density at radius 1 is 1.00 bits per heavy atom. The molecule has 3 heteroatoms. The molecular weight excluding hydrogens is 254 g/mol. The van der Waals surface area contributed by atoms with Gasteiger partial charge in [-0.25, -0.2) is 0 Å². The van der Waals surface area contributed by atoms with Gasteiger partial charge in [-0.3, -0.25) is 4.79 Å². The normalized spacial score (nSPS) is 10.8. The quantitative estimate of drug-likeness (QED) is 0.652. The molecule has 0 saturated heterocycles. The van der Waals surface area contributed by atoms with Crippen molar-refractivity contribution in [2.24, 2.45) is 7.05 Å². The van der Waals surface area contributed by atoms with Crippen molar-refractivity contribution >= 4 is 27.8 Å². The molecule has 0 fully saturated rings. The second kappa shape index (κ2) is 4.94. The third kappa shape index (κ3) is 2.29. The van der Waals surface area contributed by atoms with Crippen molar-refractivity contribution < 1.29 is 4.79 Å². The predicted octanol–water partition coefficient (Wildman–Crippen LogP) is 4.11. The van der Waals surface area contributed by atoms with Crippen LogP contribution in [0.1, 0.15) is 10.4 Å². The van der Waals surface area contributed by atoms with Crippen molar-refractivity contribution in [3.05, 3.63) is 66.4 Å². The molecule has 0 atom stereocenters. The summed E-state index contributed by atoms with van der Waals surface area (Å²) < 4.78 is 1.99. The highest BCUT2D eigenvalue weighted by atomic mass is 32.2. The van der Waals surface area contributed by atoms with Gasteiger partial charge in [-0.1, -0.05) is 36.4 Å². The first kappa shape index (κ1) is 12.1. The summed E-state index contributed by atoms with van der Waals surface area (Å²) in [5, 5.41) is 1.10. The van der Waals surface area contributed by atoms with Crippen LogP contribution in [-0.2, 0) is 7.05 Å². The third-order valence-electron chi connectivity index (χ3n) is 3.07. The number of aromatic nitrogens is 1. The maximum Gasteiger partial charge on any atom is 0.226 e. The lowest BCUT2D eigenvalue weighted by Crippen LogP contribution is -1.91. The van der Waals surface area contributed by atoms with E-state index in [1.165, 1.54) is 11.8 Å². The Labute approximate surface area is 116 Å². The van der Waals surface area contributed by atoms with Crippen LogP contribution < -0.4 is 0 Å². The van der Waals surface area contributed by atoms with Crippen LogP contribution in [-0.4, -0.2) is 9.68 Å². The molecule has 3 rings (SSSR count). The fourth-order valence-electron chi connectivity index (χ4n) is 2.15. The number of fused-ring (bicyclic) bond motifs is 1. The number of hydrogen-bond donors (Lipinski definition) is 0. The number of para-hydroxylation sites is 1. The Morgan fingerprint density at radius 3 is 2.47 bits per heavy atom. The van der Waals surface area contributed by atoms with Gasteiger partial charge in [0.2, 0.25) is 5.12 Å². The van der Waals surface area contributed by atoms with E-state index in [0.29, 0.717) is 0 Å². The van der Waals surface area contributed by atoms with E-state index in [0.717, 1.165) is 21.4 Å². The molecule has 2 aromatic carbocycles. The van der Waals surface area contributed by atoms with Crippen LogP contribution in [0.2, 0.25) is 0 Å². The van der Waals surface area contributed by atoms with E-state index in [9.17, 15) is 4.79 Å². The molecule has 94 valence electrons. The first-order valence-electron chi connectivity index (χ1n) is 6.07. The molecule has 0 aliphatic rings. The summed E-state index contributed by atoms with van der Waals surface area (Å²) in [6.07, 6.45) is 1.91. The average molecular weight is 267 g/mol. The molecule has 3 aromatic rings. The Kier molecular flexibility index (Phi) is 3.13. The Balaban J connectivity index is 1.98. The first-order valence-corrected chi connectivity index (χ1v) is 6.88. The van der Waals surface area contributed by atoms with Crippen molar-refractivity contribution in [1.82, 2.24) is 4.57 Å². The van der Waals surface area contributed by atoms with E-state index >= 15 is 0 Å². The van der Waals surface area contributed by atoms with Gasteiger partial charge >= 0.3 is 0 Å². The van der Waals surface area contributed by atoms with Gasteiger partial charge in [0.25, 0.3) is 0 Å². The van der Waals surface area contributed by atoms with E-state index in [-0.39, 0.29) is 5.12 Å². The second-order valence-corrected chi connectivity index (χ2v) is 5.42. The molecule has 1 aromatic heterocycles. The fraction of sp³-hybridized carbons (Fsp3) is 0.0625. The zero-order valence-corrected chi connectivity index (χ0v) is 11.4. The summed E-state index contributed by atoms with van der Waals surface area (Å²) in [6.45, 7) is 0. The molecular formula is C16H13NOS. The molecule has 0 aliphatic heterocycles. The van der Waals surface area contributed by atoms with Gasteiger partial charge in [-0.15, -0.1) is 0 Å². The first-order chi connectivity index (χ1) is 9.25. The summed E-state index contributed by atoms with van der Waals surface area (Å²) in [5.74, 6) is 0. The molecule has 1 heterocycles. The highest BCUT2D eigenvalue weighted by molar-refractivity contribution is 8.14. The Bertz CT molecular complexity index is 731. The summed E-state index contributed by atoms with van der Waals surface area (Å²) in [5.41, 5.74) is 1.85. The molecule has 0 N–H and O–H groups in total. The fourth-order valence-corrected chi connectivity index (χ4v) is 2.93. The van der Waals surface area contributed by atoms with Crippen molar-refractivity contribution in [2.75, 3.05) is 0 Å². The minimum atomic E-state index is 0.0861. The van der Waals surface area contributed by atoms with E-state index in [1.54, 1.807) is 0 Å². The molecule has 0 amide bonds. The van der Waals surface area contributed by atoms with E-state index < -0.39 is 0 Å². The van der Waals surface area contributed by atoms with E-state index in [1.807, 2.05) is 72.4 Å². The highest BCUT2D eigenvalue weighted by Gasteiger charge is 2.14. The standard InChI is InChI=1S/C16H13NOS/c1-17-11-14(13-9-5-6-10-15(13)17)16(18)19-12-7-3-2-4-8-12/h2-11H,1H3. The number of hydrogen-bond acceptors (Lipinski definition) is 2. The number of carbonyl (C=O) groups is 1. The van der Waals surface area contributed by atoms with Crippen LogP contribution in [0.4, 0.5) is 0 Å². The van der Waals surface area contributed by atoms with Crippen LogP contribution in [0.25, 0.3) is 10.9 Å². The molecule has 0 radical (unpaired) electrons. The second-order valence-electron chi connectivity index (χ2n) is 4.37. The summed E-state index contributed by atoms with van der Waals surface area (Å²) in [6, 6.07) is 17.7. The summed E-state index contributed by atoms with van der Waals surface area (Å²) >= 11 is 1.27. The lowest BCUT2D eigenvalue weighted by molar-refractivity contribution is 0.109. The van der Waals surface area contributed by atoms with E-state index in [4.69, 9.17) is 0 Å². The number of aryl methyl sites for hydroxylation is 1.